The Hall–Kier alpha value is -1.95. The number of likely N-dealkylation sites (N-methyl/N-ethyl adjacent to an activating group) is 1. The van der Waals surface area contributed by atoms with Crippen molar-refractivity contribution < 1.29 is 4.79 Å². The van der Waals surface area contributed by atoms with Gasteiger partial charge < -0.3 is 4.90 Å². The smallest absolute Gasteiger partial charge is 0.260 e. The number of hydrogen-bond donors (Lipinski definition) is 0. The Bertz CT molecular complexity index is 936. The third-order valence-electron chi connectivity index (χ3n) is 4.69. The molecule has 0 aliphatic carbocycles. The largest absolute Gasteiger partial charge is 0.302 e. The van der Waals surface area contributed by atoms with Gasteiger partial charge >= 0.3 is 0 Å². The standard InChI is InChI=1S/C21H24ClN3OS/c1-4-24(5-2)12-13-25(20(26)16-9-7-10-17(22)14-16)21-23-19-15(3)8-6-11-18(19)27-21/h6-11,14H,4-5,12-13H2,1-3H3. The van der Waals surface area contributed by atoms with Gasteiger partial charge in [0.05, 0.1) is 10.2 Å². The predicted octanol–water partition coefficient (Wildman–Crippen LogP) is 5.25. The Kier molecular flexibility index (Phi) is 6.47. The molecule has 27 heavy (non-hydrogen) atoms. The van der Waals surface area contributed by atoms with E-state index in [0.29, 0.717) is 17.1 Å². The van der Waals surface area contributed by atoms with E-state index in [4.69, 9.17) is 16.6 Å². The van der Waals surface area contributed by atoms with Crippen molar-refractivity contribution in [2.45, 2.75) is 20.8 Å². The van der Waals surface area contributed by atoms with Crippen LogP contribution in [0.2, 0.25) is 5.02 Å². The number of nitrogens with zero attached hydrogens (tertiary/aromatic N) is 3. The Balaban J connectivity index is 1.97. The molecule has 0 radical (unpaired) electrons. The van der Waals surface area contributed by atoms with Gasteiger partial charge in [-0.1, -0.05) is 55.0 Å². The number of amides is 1. The molecule has 0 N–H and O–H groups in total. The molecule has 0 bridgehead atoms. The van der Waals surface area contributed by atoms with Crippen LogP contribution in [0.15, 0.2) is 42.5 Å². The molecule has 0 unspecified atom stereocenters. The van der Waals surface area contributed by atoms with Crippen LogP contribution in [0, 0.1) is 6.92 Å². The first-order valence-electron chi connectivity index (χ1n) is 9.19. The summed E-state index contributed by atoms with van der Waals surface area (Å²) < 4.78 is 1.09. The second kappa shape index (κ2) is 8.83. The van der Waals surface area contributed by atoms with Crippen LogP contribution in [0.5, 0.6) is 0 Å². The number of aromatic nitrogens is 1. The SMILES string of the molecule is CCN(CC)CCN(C(=O)c1cccc(Cl)c1)c1nc2c(C)cccc2s1. The zero-order valence-corrected chi connectivity index (χ0v) is 17.5. The molecule has 142 valence electrons. The number of thiazole rings is 1. The maximum absolute atomic E-state index is 13.3. The fraction of sp³-hybridized carbons (Fsp3) is 0.333. The predicted molar refractivity (Wildman–Crippen MR) is 115 cm³/mol. The fourth-order valence-corrected chi connectivity index (χ4v) is 4.29. The van der Waals surface area contributed by atoms with Gasteiger partial charge in [0.15, 0.2) is 5.13 Å². The molecule has 0 spiro atoms. The number of anilines is 1. The summed E-state index contributed by atoms with van der Waals surface area (Å²) in [6.07, 6.45) is 0. The van der Waals surface area contributed by atoms with Crippen molar-refractivity contribution in [3.8, 4) is 0 Å². The Morgan fingerprint density at radius 2 is 1.85 bits per heavy atom. The molecule has 1 heterocycles. The van der Waals surface area contributed by atoms with E-state index in [2.05, 4.69) is 24.8 Å². The molecule has 0 aliphatic heterocycles. The van der Waals surface area contributed by atoms with Gasteiger partial charge in [-0.2, -0.15) is 0 Å². The molecule has 2 aromatic carbocycles. The van der Waals surface area contributed by atoms with E-state index in [9.17, 15) is 4.79 Å². The van der Waals surface area contributed by atoms with Crippen molar-refractivity contribution in [3.63, 3.8) is 0 Å². The number of hydrogen-bond acceptors (Lipinski definition) is 4. The van der Waals surface area contributed by atoms with Gasteiger partial charge in [0, 0.05) is 23.7 Å². The Morgan fingerprint density at radius 3 is 2.52 bits per heavy atom. The van der Waals surface area contributed by atoms with Gasteiger partial charge in [0.1, 0.15) is 0 Å². The molecule has 0 aliphatic rings. The number of carbonyl (C=O) groups excluding carboxylic acids is 1. The molecule has 0 saturated carbocycles. The number of aryl methyl sites for hydroxylation is 1. The van der Waals surface area contributed by atoms with Crippen molar-refractivity contribution >= 4 is 44.2 Å². The third kappa shape index (κ3) is 4.49. The summed E-state index contributed by atoms with van der Waals surface area (Å²) in [6, 6.07) is 13.2. The van der Waals surface area contributed by atoms with Crippen LogP contribution in [-0.4, -0.2) is 42.0 Å². The van der Waals surface area contributed by atoms with Crippen LogP contribution in [-0.2, 0) is 0 Å². The third-order valence-corrected chi connectivity index (χ3v) is 5.97. The van der Waals surface area contributed by atoms with E-state index in [-0.39, 0.29) is 5.91 Å². The van der Waals surface area contributed by atoms with Crippen molar-refractivity contribution in [3.05, 3.63) is 58.6 Å². The minimum absolute atomic E-state index is 0.0682. The second-order valence-electron chi connectivity index (χ2n) is 6.41. The van der Waals surface area contributed by atoms with Crippen LogP contribution >= 0.6 is 22.9 Å². The molecule has 6 heteroatoms. The van der Waals surface area contributed by atoms with Gasteiger partial charge in [0.25, 0.3) is 5.91 Å². The normalized spacial score (nSPS) is 11.3. The number of para-hydroxylation sites is 1. The van der Waals surface area contributed by atoms with Crippen molar-refractivity contribution in [1.82, 2.24) is 9.88 Å². The Morgan fingerprint density at radius 1 is 1.11 bits per heavy atom. The van der Waals surface area contributed by atoms with Gasteiger partial charge in [-0.15, -0.1) is 0 Å². The van der Waals surface area contributed by atoms with E-state index in [1.165, 1.54) is 0 Å². The molecule has 0 atom stereocenters. The number of fused-ring (bicyclic) bond motifs is 1. The minimum Gasteiger partial charge on any atom is -0.302 e. The molecule has 3 aromatic rings. The topological polar surface area (TPSA) is 36.4 Å². The van der Waals surface area contributed by atoms with Crippen LogP contribution in [0.25, 0.3) is 10.2 Å². The molecule has 3 rings (SSSR count). The number of rotatable bonds is 7. The number of benzene rings is 2. The average molecular weight is 402 g/mol. The molecule has 0 saturated heterocycles. The van der Waals surface area contributed by atoms with Crippen molar-refractivity contribution in [1.29, 1.82) is 0 Å². The van der Waals surface area contributed by atoms with Crippen LogP contribution in [0.3, 0.4) is 0 Å². The summed E-state index contributed by atoms with van der Waals surface area (Å²) in [4.78, 5) is 22.1. The molecule has 1 aromatic heterocycles. The van der Waals surface area contributed by atoms with Crippen molar-refractivity contribution in [2.75, 3.05) is 31.1 Å². The minimum atomic E-state index is -0.0682. The summed E-state index contributed by atoms with van der Waals surface area (Å²) in [5.74, 6) is -0.0682. The molecular weight excluding hydrogens is 378 g/mol. The van der Waals surface area contributed by atoms with Gasteiger partial charge in [-0.05, 0) is 49.8 Å². The van der Waals surface area contributed by atoms with Gasteiger partial charge in [0.2, 0.25) is 0 Å². The summed E-state index contributed by atoms with van der Waals surface area (Å²) in [7, 11) is 0. The first kappa shape index (κ1) is 19.8. The summed E-state index contributed by atoms with van der Waals surface area (Å²) in [5.41, 5.74) is 2.66. The van der Waals surface area contributed by atoms with Crippen LogP contribution < -0.4 is 4.90 Å². The van der Waals surface area contributed by atoms with Crippen LogP contribution in [0.1, 0.15) is 29.8 Å². The highest BCUT2D eigenvalue weighted by Crippen LogP contribution is 2.31. The maximum Gasteiger partial charge on any atom is 0.260 e. The lowest BCUT2D eigenvalue weighted by molar-refractivity contribution is 0.0984. The van der Waals surface area contributed by atoms with E-state index in [1.807, 2.05) is 19.1 Å². The van der Waals surface area contributed by atoms with E-state index in [0.717, 1.165) is 40.5 Å². The highest BCUT2D eigenvalue weighted by molar-refractivity contribution is 7.22. The Labute approximate surface area is 169 Å². The average Bonchev–Trinajstić information content (AvgIpc) is 3.10. The number of halogens is 1. The summed E-state index contributed by atoms with van der Waals surface area (Å²) in [5, 5.41) is 1.29. The summed E-state index contributed by atoms with van der Waals surface area (Å²) in [6.45, 7) is 9.61. The highest BCUT2D eigenvalue weighted by atomic mass is 35.5. The molecule has 4 nitrogen and oxygen atoms in total. The van der Waals surface area contributed by atoms with E-state index < -0.39 is 0 Å². The highest BCUT2D eigenvalue weighted by Gasteiger charge is 2.22. The van der Waals surface area contributed by atoms with E-state index in [1.54, 1.807) is 40.5 Å². The maximum atomic E-state index is 13.3. The van der Waals surface area contributed by atoms with E-state index >= 15 is 0 Å². The fourth-order valence-electron chi connectivity index (χ4n) is 3.03. The quantitative estimate of drug-likeness (QED) is 0.542. The van der Waals surface area contributed by atoms with Crippen molar-refractivity contribution in [2.24, 2.45) is 0 Å². The summed E-state index contributed by atoms with van der Waals surface area (Å²) >= 11 is 7.66. The first-order valence-corrected chi connectivity index (χ1v) is 10.4. The lowest BCUT2D eigenvalue weighted by atomic mass is 10.2. The first-order chi connectivity index (χ1) is 13.0. The zero-order chi connectivity index (χ0) is 19.4. The molecule has 1 amide bonds. The van der Waals surface area contributed by atoms with Gasteiger partial charge in [-0.3, -0.25) is 9.69 Å². The second-order valence-corrected chi connectivity index (χ2v) is 7.86. The lowest BCUT2D eigenvalue weighted by Gasteiger charge is -2.24. The molecule has 0 fully saturated rings. The monoisotopic (exact) mass is 401 g/mol. The molecular formula is C21H24ClN3OS. The van der Waals surface area contributed by atoms with Gasteiger partial charge in [-0.25, -0.2) is 4.98 Å². The zero-order valence-electron chi connectivity index (χ0n) is 15.9. The number of carbonyl (C=O) groups is 1. The van der Waals surface area contributed by atoms with Crippen LogP contribution in [0.4, 0.5) is 5.13 Å². The lowest BCUT2D eigenvalue weighted by Crippen LogP contribution is -2.38.